The second-order valence-electron chi connectivity index (χ2n) is 5.01. The van der Waals surface area contributed by atoms with Crippen LogP contribution in [-0.2, 0) is 9.53 Å². The molecule has 5 heteroatoms. The highest BCUT2D eigenvalue weighted by molar-refractivity contribution is 5.98. The minimum atomic E-state index is -0.0722. The van der Waals surface area contributed by atoms with Gasteiger partial charge in [0.05, 0.1) is 18.9 Å². The van der Waals surface area contributed by atoms with E-state index in [4.69, 9.17) is 4.74 Å². The predicted octanol–water partition coefficient (Wildman–Crippen LogP) is 1.78. The van der Waals surface area contributed by atoms with Gasteiger partial charge in [0.2, 0.25) is 11.9 Å². The molecule has 0 radical (unpaired) electrons. The normalized spacial score (nSPS) is 16.4. The van der Waals surface area contributed by atoms with Gasteiger partial charge in [0.15, 0.2) is 0 Å². The van der Waals surface area contributed by atoms with Crippen LogP contribution in [0.2, 0.25) is 0 Å². The molecule has 2 rings (SSSR count). The molecule has 0 spiro atoms. The lowest BCUT2D eigenvalue weighted by atomic mass is 10.2. The van der Waals surface area contributed by atoms with E-state index in [0.717, 1.165) is 18.8 Å². The van der Waals surface area contributed by atoms with Crippen molar-refractivity contribution < 1.29 is 9.53 Å². The van der Waals surface area contributed by atoms with E-state index in [1.165, 1.54) is 0 Å². The molecule has 0 saturated carbocycles. The van der Waals surface area contributed by atoms with E-state index in [-0.39, 0.29) is 11.8 Å². The van der Waals surface area contributed by atoms with Crippen molar-refractivity contribution in [1.29, 1.82) is 0 Å². The van der Waals surface area contributed by atoms with Gasteiger partial charge in [-0.05, 0) is 12.1 Å². The van der Waals surface area contributed by atoms with Gasteiger partial charge in [-0.25, -0.2) is 4.99 Å². The highest BCUT2D eigenvalue weighted by atomic mass is 16.5. The van der Waals surface area contributed by atoms with Gasteiger partial charge in [-0.3, -0.25) is 10.1 Å². The van der Waals surface area contributed by atoms with Crippen molar-refractivity contribution in [3.05, 3.63) is 30.3 Å². The largest absolute Gasteiger partial charge is 0.378 e. The molecule has 1 N–H and O–H groups in total. The van der Waals surface area contributed by atoms with Gasteiger partial charge in [0.1, 0.15) is 0 Å². The molecule has 0 aromatic heterocycles. The second kappa shape index (κ2) is 7.05. The molecule has 5 nitrogen and oxygen atoms in total. The van der Waals surface area contributed by atoms with Crippen molar-refractivity contribution in [2.45, 2.75) is 13.8 Å². The summed E-state index contributed by atoms with van der Waals surface area (Å²) in [6.45, 7) is 6.54. The average Bonchev–Trinajstić information content (AvgIpc) is 2.48. The van der Waals surface area contributed by atoms with Gasteiger partial charge in [0.25, 0.3) is 0 Å². The molecule has 0 bridgehead atoms. The smallest absolute Gasteiger partial charge is 0.229 e. The highest BCUT2D eigenvalue weighted by Crippen LogP contribution is 2.11. The predicted molar refractivity (Wildman–Crippen MR) is 78.9 cm³/mol. The Bertz CT molecular complexity index is 465. The van der Waals surface area contributed by atoms with E-state index < -0.39 is 0 Å². The fourth-order valence-corrected chi connectivity index (χ4v) is 1.83. The molecule has 0 unspecified atom stereocenters. The number of morpholine rings is 1. The van der Waals surface area contributed by atoms with Crippen LogP contribution in [0.1, 0.15) is 13.8 Å². The number of ether oxygens (including phenoxy) is 1. The topological polar surface area (TPSA) is 53.9 Å². The number of rotatable bonds is 2. The van der Waals surface area contributed by atoms with Crippen LogP contribution in [0.25, 0.3) is 0 Å². The first-order valence-electron chi connectivity index (χ1n) is 6.94. The van der Waals surface area contributed by atoms with Gasteiger partial charge in [-0.15, -0.1) is 0 Å². The van der Waals surface area contributed by atoms with Crippen LogP contribution in [0.5, 0.6) is 0 Å². The summed E-state index contributed by atoms with van der Waals surface area (Å²) in [6.07, 6.45) is 0. The second-order valence-corrected chi connectivity index (χ2v) is 5.01. The minimum Gasteiger partial charge on any atom is -0.378 e. The number of hydrogen-bond donors (Lipinski definition) is 1. The SMILES string of the molecule is CC(C)C(=O)NC(=Nc1ccccc1)N1CCOCC1. The number of carbonyl (C=O) groups excluding carboxylic acids is 1. The number of nitrogens with one attached hydrogen (secondary N) is 1. The molecule has 20 heavy (non-hydrogen) atoms. The molecule has 1 aliphatic heterocycles. The van der Waals surface area contributed by atoms with E-state index in [1.807, 2.05) is 44.2 Å². The molecule has 1 aliphatic rings. The first-order valence-corrected chi connectivity index (χ1v) is 6.94. The lowest BCUT2D eigenvalue weighted by molar-refractivity contribution is -0.122. The van der Waals surface area contributed by atoms with Crippen molar-refractivity contribution in [2.75, 3.05) is 26.3 Å². The van der Waals surface area contributed by atoms with Gasteiger partial charge >= 0.3 is 0 Å². The van der Waals surface area contributed by atoms with Gasteiger partial charge < -0.3 is 9.64 Å². The Kier molecular flexibility index (Phi) is 5.12. The van der Waals surface area contributed by atoms with Gasteiger partial charge in [-0.1, -0.05) is 32.0 Å². The summed E-state index contributed by atoms with van der Waals surface area (Å²) in [7, 11) is 0. The van der Waals surface area contributed by atoms with Gasteiger partial charge in [0, 0.05) is 19.0 Å². The third kappa shape index (κ3) is 4.06. The Balaban J connectivity index is 2.18. The van der Waals surface area contributed by atoms with Crippen molar-refractivity contribution in [2.24, 2.45) is 10.9 Å². The maximum Gasteiger partial charge on any atom is 0.229 e. The molecule has 1 aromatic rings. The molecule has 1 aromatic carbocycles. The number of para-hydroxylation sites is 1. The van der Waals surface area contributed by atoms with Crippen molar-refractivity contribution in [3.63, 3.8) is 0 Å². The van der Waals surface area contributed by atoms with E-state index in [1.54, 1.807) is 0 Å². The van der Waals surface area contributed by atoms with Crippen LogP contribution in [0.15, 0.2) is 35.3 Å². The first-order chi connectivity index (χ1) is 9.66. The summed E-state index contributed by atoms with van der Waals surface area (Å²) in [6, 6.07) is 9.64. The highest BCUT2D eigenvalue weighted by Gasteiger charge is 2.18. The Morgan fingerprint density at radius 1 is 1.25 bits per heavy atom. The number of guanidine groups is 1. The molecule has 1 heterocycles. The van der Waals surface area contributed by atoms with E-state index >= 15 is 0 Å². The molecule has 0 atom stereocenters. The maximum absolute atomic E-state index is 11.9. The van der Waals surface area contributed by atoms with E-state index in [2.05, 4.69) is 15.2 Å². The minimum absolute atomic E-state index is 0.0221. The van der Waals surface area contributed by atoms with Crippen LogP contribution >= 0.6 is 0 Å². The number of nitrogens with zero attached hydrogens (tertiary/aromatic N) is 2. The van der Waals surface area contributed by atoms with Crippen molar-refractivity contribution in [3.8, 4) is 0 Å². The van der Waals surface area contributed by atoms with Gasteiger partial charge in [-0.2, -0.15) is 0 Å². The molecular weight excluding hydrogens is 254 g/mol. The third-order valence-electron chi connectivity index (χ3n) is 3.06. The molecule has 108 valence electrons. The monoisotopic (exact) mass is 275 g/mol. The molecule has 0 aliphatic carbocycles. The van der Waals surface area contributed by atoms with Crippen molar-refractivity contribution >= 4 is 17.6 Å². The maximum atomic E-state index is 11.9. The zero-order chi connectivity index (χ0) is 14.4. The zero-order valence-electron chi connectivity index (χ0n) is 12.0. The number of amides is 1. The first kappa shape index (κ1) is 14.5. The lowest BCUT2D eigenvalue weighted by Crippen LogP contribution is -2.49. The number of carbonyl (C=O) groups is 1. The fraction of sp³-hybridized carbons (Fsp3) is 0.467. The average molecular weight is 275 g/mol. The van der Waals surface area contributed by atoms with E-state index in [9.17, 15) is 4.79 Å². The lowest BCUT2D eigenvalue weighted by Gasteiger charge is -2.30. The Labute approximate surface area is 119 Å². The van der Waals surface area contributed by atoms with Crippen LogP contribution in [0.3, 0.4) is 0 Å². The summed E-state index contributed by atoms with van der Waals surface area (Å²) in [5.74, 6) is 0.515. The Morgan fingerprint density at radius 2 is 1.90 bits per heavy atom. The number of aliphatic imine (C=N–C) groups is 1. The fourth-order valence-electron chi connectivity index (χ4n) is 1.83. The standard InChI is InChI=1S/C15H21N3O2/c1-12(2)14(19)17-15(18-8-10-20-11-9-18)16-13-6-4-3-5-7-13/h3-7,12H,8-11H2,1-2H3,(H,16,17,19). The summed E-state index contributed by atoms with van der Waals surface area (Å²) in [4.78, 5) is 18.5. The molecule has 1 fully saturated rings. The molecule has 1 saturated heterocycles. The van der Waals surface area contributed by atoms with E-state index in [0.29, 0.717) is 19.2 Å². The summed E-state index contributed by atoms with van der Waals surface area (Å²) >= 11 is 0. The summed E-state index contributed by atoms with van der Waals surface area (Å²) < 4.78 is 5.34. The van der Waals surface area contributed by atoms with Crippen molar-refractivity contribution in [1.82, 2.24) is 10.2 Å². The Hall–Kier alpha value is -1.88. The van der Waals surface area contributed by atoms with Crippen LogP contribution < -0.4 is 5.32 Å². The number of hydrogen-bond acceptors (Lipinski definition) is 3. The quantitative estimate of drug-likeness (QED) is 0.661. The summed E-state index contributed by atoms with van der Waals surface area (Å²) in [5.41, 5.74) is 0.832. The number of benzene rings is 1. The molecular formula is C15H21N3O2. The van der Waals surface area contributed by atoms with Crippen LogP contribution in [-0.4, -0.2) is 43.1 Å². The third-order valence-corrected chi connectivity index (χ3v) is 3.06. The molecule has 1 amide bonds. The van der Waals surface area contributed by atoms with Crippen LogP contribution in [0, 0.1) is 5.92 Å². The summed E-state index contributed by atoms with van der Waals surface area (Å²) in [5, 5.41) is 2.92. The Morgan fingerprint density at radius 3 is 2.50 bits per heavy atom. The zero-order valence-corrected chi connectivity index (χ0v) is 12.0. The van der Waals surface area contributed by atoms with Crippen LogP contribution in [0.4, 0.5) is 5.69 Å².